The molecule has 0 saturated carbocycles. The molecule has 2 N–H and O–H groups in total. The van der Waals surface area contributed by atoms with E-state index in [0.29, 0.717) is 5.92 Å². The predicted octanol–water partition coefficient (Wildman–Crippen LogP) is 3.42. The number of hydrogen-bond donors (Lipinski definition) is 2. The molecule has 4 nitrogen and oxygen atoms in total. The van der Waals surface area contributed by atoms with Crippen molar-refractivity contribution in [2.75, 3.05) is 19.0 Å². The van der Waals surface area contributed by atoms with Gasteiger partial charge in [-0.25, -0.2) is 4.79 Å². The Morgan fingerprint density at radius 2 is 2.05 bits per heavy atom. The number of carbonyl (C=O) groups is 1. The molecule has 0 heterocycles. The third-order valence-corrected chi connectivity index (χ3v) is 3.62. The second kappa shape index (κ2) is 6.91. The van der Waals surface area contributed by atoms with E-state index in [-0.39, 0.29) is 18.7 Å². The maximum Gasteiger partial charge on any atom is 0.321 e. The molecule has 0 spiro atoms. The van der Waals surface area contributed by atoms with Crippen LogP contribution in [0.1, 0.15) is 32.3 Å². The minimum Gasteiger partial charge on any atom is -0.394 e. The number of rotatable bonds is 4. The molecular weight excluding hydrogens is 308 g/mol. The number of halogens is 1. The van der Waals surface area contributed by atoms with Crippen molar-refractivity contribution in [1.29, 1.82) is 0 Å². The molecule has 0 bridgehead atoms. The number of nitrogens with zero attached hydrogens (tertiary/aromatic N) is 1. The molecule has 1 aromatic carbocycles. The van der Waals surface area contributed by atoms with E-state index < -0.39 is 0 Å². The summed E-state index contributed by atoms with van der Waals surface area (Å²) in [7, 11) is 1.67. The van der Waals surface area contributed by atoms with Crippen molar-refractivity contribution < 1.29 is 9.90 Å². The van der Waals surface area contributed by atoms with Gasteiger partial charge in [0.05, 0.1) is 12.6 Å². The first-order valence-electron chi connectivity index (χ1n) is 6.31. The molecule has 0 fully saturated rings. The Morgan fingerprint density at radius 1 is 1.42 bits per heavy atom. The monoisotopic (exact) mass is 328 g/mol. The highest BCUT2D eigenvalue weighted by molar-refractivity contribution is 9.10. The number of anilines is 1. The molecule has 0 radical (unpaired) electrons. The summed E-state index contributed by atoms with van der Waals surface area (Å²) in [5, 5.41) is 12.0. The lowest BCUT2D eigenvalue weighted by Crippen LogP contribution is -2.40. The Hall–Kier alpha value is -1.07. The van der Waals surface area contributed by atoms with Crippen LogP contribution < -0.4 is 5.32 Å². The number of benzene rings is 1. The van der Waals surface area contributed by atoms with Crippen molar-refractivity contribution in [2.24, 2.45) is 0 Å². The molecule has 19 heavy (non-hydrogen) atoms. The van der Waals surface area contributed by atoms with Crippen LogP contribution in [-0.2, 0) is 0 Å². The molecule has 1 unspecified atom stereocenters. The Morgan fingerprint density at radius 3 is 2.58 bits per heavy atom. The van der Waals surface area contributed by atoms with Crippen LogP contribution in [0.4, 0.5) is 10.5 Å². The molecule has 1 atom stereocenters. The van der Waals surface area contributed by atoms with Crippen molar-refractivity contribution in [3.05, 3.63) is 28.2 Å². The predicted molar refractivity (Wildman–Crippen MR) is 81.6 cm³/mol. The zero-order chi connectivity index (χ0) is 14.6. The maximum absolute atomic E-state index is 12.1. The smallest absolute Gasteiger partial charge is 0.321 e. The maximum atomic E-state index is 12.1. The standard InChI is InChI=1S/C14H21BrN2O2/c1-9(2)12-7-11(15)5-6-13(12)16-14(19)17(4)10(3)8-18/h5-7,9-10,18H,8H2,1-4H3,(H,16,19). The number of amides is 2. The van der Waals surface area contributed by atoms with E-state index in [1.54, 1.807) is 14.0 Å². The first-order chi connectivity index (χ1) is 8.86. The molecule has 0 aliphatic heterocycles. The van der Waals surface area contributed by atoms with E-state index in [1.165, 1.54) is 4.90 Å². The zero-order valence-corrected chi connectivity index (χ0v) is 13.4. The van der Waals surface area contributed by atoms with Gasteiger partial charge in [0.25, 0.3) is 0 Å². The number of aliphatic hydroxyl groups excluding tert-OH is 1. The summed E-state index contributed by atoms with van der Waals surface area (Å²) in [6, 6.07) is 5.37. The molecule has 5 heteroatoms. The topological polar surface area (TPSA) is 52.6 Å². The third kappa shape index (κ3) is 4.21. The molecule has 1 rings (SSSR count). The highest BCUT2D eigenvalue weighted by Gasteiger charge is 2.17. The minimum absolute atomic E-state index is 0.0543. The highest BCUT2D eigenvalue weighted by Crippen LogP contribution is 2.27. The van der Waals surface area contributed by atoms with Crippen LogP contribution in [0.5, 0.6) is 0 Å². The summed E-state index contributed by atoms with van der Waals surface area (Å²) in [5.41, 5.74) is 1.88. The lowest BCUT2D eigenvalue weighted by molar-refractivity contribution is 0.166. The van der Waals surface area contributed by atoms with Crippen LogP contribution in [0, 0.1) is 0 Å². The molecule has 0 saturated heterocycles. The fourth-order valence-corrected chi connectivity index (χ4v) is 2.03. The zero-order valence-electron chi connectivity index (χ0n) is 11.8. The van der Waals surface area contributed by atoms with Gasteiger partial charge in [-0.2, -0.15) is 0 Å². The fraction of sp³-hybridized carbons (Fsp3) is 0.500. The summed E-state index contributed by atoms with van der Waals surface area (Å²) in [6.07, 6.45) is 0. The Bertz CT molecular complexity index is 449. The first kappa shape index (κ1) is 16.0. The number of urea groups is 1. The summed E-state index contributed by atoms with van der Waals surface area (Å²) in [5.74, 6) is 0.313. The molecule has 0 aliphatic rings. The van der Waals surface area contributed by atoms with Gasteiger partial charge in [-0.3, -0.25) is 0 Å². The lowest BCUT2D eigenvalue weighted by Gasteiger charge is -2.24. The molecule has 0 aliphatic carbocycles. The van der Waals surface area contributed by atoms with Gasteiger partial charge in [0.2, 0.25) is 0 Å². The summed E-state index contributed by atoms with van der Waals surface area (Å²) >= 11 is 3.44. The van der Waals surface area contributed by atoms with E-state index in [1.807, 2.05) is 18.2 Å². The number of aliphatic hydroxyl groups is 1. The van der Waals surface area contributed by atoms with E-state index in [0.717, 1.165) is 15.7 Å². The second-order valence-corrected chi connectivity index (χ2v) is 5.87. The molecule has 2 amide bonds. The van der Waals surface area contributed by atoms with Gasteiger partial charge in [-0.05, 0) is 36.6 Å². The van der Waals surface area contributed by atoms with Crippen molar-refractivity contribution in [3.8, 4) is 0 Å². The average Bonchev–Trinajstić information content (AvgIpc) is 2.38. The normalized spacial score (nSPS) is 12.4. The van der Waals surface area contributed by atoms with Gasteiger partial charge >= 0.3 is 6.03 Å². The largest absolute Gasteiger partial charge is 0.394 e. The molecular formula is C14H21BrN2O2. The van der Waals surface area contributed by atoms with Crippen LogP contribution in [0.15, 0.2) is 22.7 Å². The van der Waals surface area contributed by atoms with Crippen LogP contribution in [-0.4, -0.2) is 35.7 Å². The van der Waals surface area contributed by atoms with Gasteiger partial charge in [0.1, 0.15) is 0 Å². The van der Waals surface area contributed by atoms with E-state index in [4.69, 9.17) is 5.11 Å². The molecule has 1 aromatic rings. The quantitative estimate of drug-likeness (QED) is 0.889. The van der Waals surface area contributed by atoms with E-state index >= 15 is 0 Å². The number of carbonyl (C=O) groups excluding carboxylic acids is 1. The summed E-state index contributed by atoms with van der Waals surface area (Å²) in [4.78, 5) is 13.6. The number of likely N-dealkylation sites (N-methyl/N-ethyl adjacent to an activating group) is 1. The second-order valence-electron chi connectivity index (χ2n) is 4.96. The van der Waals surface area contributed by atoms with Crippen LogP contribution >= 0.6 is 15.9 Å². The Labute approximate surface area is 122 Å². The Kier molecular flexibility index (Phi) is 5.82. The van der Waals surface area contributed by atoms with Gasteiger partial charge in [0, 0.05) is 17.2 Å². The summed E-state index contributed by atoms with van der Waals surface area (Å²) in [6.45, 7) is 5.90. The van der Waals surface area contributed by atoms with Crippen molar-refractivity contribution in [2.45, 2.75) is 32.7 Å². The van der Waals surface area contributed by atoms with Crippen molar-refractivity contribution in [1.82, 2.24) is 4.90 Å². The van der Waals surface area contributed by atoms with Crippen LogP contribution in [0.25, 0.3) is 0 Å². The lowest BCUT2D eigenvalue weighted by atomic mass is 10.0. The van der Waals surface area contributed by atoms with Gasteiger partial charge in [0.15, 0.2) is 0 Å². The molecule has 106 valence electrons. The Balaban J connectivity index is 2.90. The van der Waals surface area contributed by atoms with Gasteiger partial charge in [-0.1, -0.05) is 29.8 Å². The summed E-state index contributed by atoms with van der Waals surface area (Å²) < 4.78 is 0.992. The van der Waals surface area contributed by atoms with Crippen molar-refractivity contribution in [3.63, 3.8) is 0 Å². The number of hydrogen-bond acceptors (Lipinski definition) is 2. The van der Waals surface area contributed by atoms with Crippen LogP contribution in [0.2, 0.25) is 0 Å². The van der Waals surface area contributed by atoms with Crippen molar-refractivity contribution >= 4 is 27.6 Å². The molecule has 0 aromatic heterocycles. The average molecular weight is 329 g/mol. The highest BCUT2D eigenvalue weighted by atomic mass is 79.9. The van der Waals surface area contributed by atoms with Gasteiger partial charge < -0.3 is 15.3 Å². The van der Waals surface area contributed by atoms with Crippen LogP contribution in [0.3, 0.4) is 0 Å². The number of nitrogens with one attached hydrogen (secondary N) is 1. The fourth-order valence-electron chi connectivity index (χ4n) is 1.65. The van der Waals surface area contributed by atoms with E-state index in [9.17, 15) is 4.79 Å². The van der Waals surface area contributed by atoms with Gasteiger partial charge in [-0.15, -0.1) is 0 Å². The first-order valence-corrected chi connectivity index (χ1v) is 7.10. The minimum atomic E-state index is -0.217. The van der Waals surface area contributed by atoms with E-state index in [2.05, 4.69) is 35.1 Å². The third-order valence-electron chi connectivity index (χ3n) is 3.12. The SMILES string of the molecule is CC(C)c1cc(Br)ccc1NC(=O)N(C)C(C)CO.